The molecule has 88 valence electrons. The Bertz CT molecular complexity index is 398. The minimum atomic E-state index is -0.142. The van der Waals surface area contributed by atoms with Crippen LogP contribution in [-0.2, 0) is 0 Å². The monoisotopic (exact) mass is 225 g/mol. The van der Waals surface area contributed by atoms with E-state index in [1.807, 2.05) is 0 Å². The summed E-state index contributed by atoms with van der Waals surface area (Å²) in [5, 5.41) is 11.2. The minimum Gasteiger partial charge on any atom is -0.469 e. The summed E-state index contributed by atoms with van der Waals surface area (Å²) >= 11 is 0. The van der Waals surface area contributed by atoms with Gasteiger partial charge < -0.3 is 20.3 Å². The van der Waals surface area contributed by atoms with Gasteiger partial charge in [-0.2, -0.15) is 0 Å². The maximum atomic E-state index is 11.9. The predicted molar refractivity (Wildman–Crippen MR) is 58.4 cm³/mol. The van der Waals surface area contributed by atoms with Crippen molar-refractivity contribution in [2.24, 2.45) is 10.9 Å². The van der Waals surface area contributed by atoms with Crippen molar-refractivity contribution < 1.29 is 14.4 Å². The molecule has 0 aliphatic carbocycles. The molecule has 1 aromatic rings. The second-order valence-electron chi connectivity index (χ2n) is 3.46. The van der Waals surface area contributed by atoms with E-state index in [1.54, 1.807) is 20.0 Å². The molecule has 1 heterocycles. The van der Waals surface area contributed by atoms with Gasteiger partial charge in [-0.15, -0.1) is 0 Å². The summed E-state index contributed by atoms with van der Waals surface area (Å²) in [5.74, 6) is 0.543. The molecule has 1 amide bonds. The van der Waals surface area contributed by atoms with Crippen LogP contribution in [-0.4, -0.2) is 35.4 Å². The normalized spacial score (nSPS) is 11.5. The number of hydrogen-bond acceptors (Lipinski definition) is 4. The van der Waals surface area contributed by atoms with Crippen molar-refractivity contribution in [3.63, 3.8) is 0 Å². The number of hydrogen-bond donors (Lipinski definition) is 2. The first kappa shape index (κ1) is 12.1. The van der Waals surface area contributed by atoms with Crippen molar-refractivity contribution in [3.8, 4) is 0 Å². The third-order valence-corrected chi connectivity index (χ3v) is 2.27. The van der Waals surface area contributed by atoms with Crippen molar-refractivity contribution in [2.75, 3.05) is 13.6 Å². The Hall–Kier alpha value is -1.98. The largest absolute Gasteiger partial charge is 0.469 e. The standard InChI is InChI=1S/C10H15N3O3/c1-7-8(4-6-16-7)10(14)13(2)5-3-9(11)12-15/h4,6,15H,3,5H2,1-2H3,(H2,11,12). The van der Waals surface area contributed by atoms with Gasteiger partial charge in [-0.3, -0.25) is 4.79 Å². The van der Waals surface area contributed by atoms with Crippen LogP contribution in [0.25, 0.3) is 0 Å². The van der Waals surface area contributed by atoms with Crippen molar-refractivity contribution in [1.29, 1.82) is 0 Å². The number of carbonyl (C=O) groups excluding carboxylic acids is 1. The van der Waals surface area contributed by atoms with E-state index in [1.165, 1.54) is 11.2 Å². The van der Waals surface area contributed by atoms with Gasteiger partial charge in [-0.25, -0.2) is 0 Å². The number of amides is 1. The molecule has 0 bridgehead atoms. The van der Waals surface area contributed by atoms with Crippen molar-refractivity contribution in [1.82, 2.24) is 4.90 Å². The molecule has 1 rings (SSSR count). The molecule has 6 heteroatoms. The molecular weight excluding hydrogens is 210 g/mol. The molecule has 0 saturated carbocycles. The Morgan fingerprint density at radius 1 is 1.69 bits per heavy atom. The summed E-state index contributed by atoms with van der Waals surface area (Å²) in [6, 6.07) is 1.62. The second kappa shape index (κ2) is 5.20. The average molecular weight is 225 g/mol. The summed E-state index contributed by atoms with van der Waals surface area (Å²) in [5.41, 5.74) is 5.84. The predicted octanol–water partition coefficient (Wildman–Crippen LogP) is 0.797. The highest BCUT2D eigenvalue weighted by Gasteiger charge is 2.15. The van der Waals surface area contributed by atoms with Gasteiger partial charge in [0.05, 0.1) is 11.8 Å². The van der Waals surface area contributed by atoms with E-state index < -0.39 is 0 Å². The molecule has 1 aromatic heterocycles. The van der Waals surface area contributed by atoms with E-state index >= 15 is 0 Å². The molecule has 6 nitrogen and oxygen atoms in total. The molecule has 3 N–H and O–H groups in total. The van der Waals surface area contributed by atoms with Gasteiger partial charge in [-0.1, -0.05) is 5.16 Å². The fourth-order valence-electron chi connectivity index (χ4n) is 1.25. The number of amidine groups is 1. The number of nitrogens with two attached hydrogens (primary N) is 1. The van der Waals surface area contributed by atoms with Gasteiger partial charge >= 0.3 is 0 Å². The smallest absolute Gasteiger partial charge is 0.257 e. The molecule has 0 aliphatic rings. The number of rotatable bonds is 4. The maximum Gasteiger partial charge on any atom is 0.257 e. The number of aryl methyl sites for hydroxylation is 1. The first-order chi connectivity index (χ1) is 7.56. The molecule has 0 aliphatic heterocycles. The average Bonchev–Trinajstić information content (AvgIpc) is 2.70. The SMILES string of the molecule is Cc1occc1C(=O)N(C)CC/C(N)=N/O. The van der Waals surface area contributed by atoms with Crippen molar-refractivity contribution in [3.05, 3.63) is 23.7 Å². The van der Waals surface area contributed by atoms with Crippen molar-refractivity contribution in [2.45, 2.75) is 13.3 Å². The van der Waals surface area contributed by atoms with E-state index in [4.69, 9.17) is 15.4 Å². The molecule has 0 atom stereocenters. The lowest BCUT2D eigenvalue weighted by atomic mass is 10.2. The molecule has 0 fully saturated rings. The number of carbonyl (C=O) groups is 1. The van der Waals surface area contributed by atoms with E-state index in [0.717, 1.165) is 0 Å². The first-order valence-electron chi connectivity index (χ1n) is 4.82. The van der Waals surface area contributed by atoms with Gasteiger partial charge in [0.25, 0.3) is 5.91 Å². The summed E-state index contributed by atoms with van der Waals surface area (Å²) in [6.45, 7) is 2.12. The molecule has 0 spiro atoms. The number of oxime groups is 1. The maximum absolute atomic E-state index is 11.9. The van der Waals surface area contributed by atoms with Crippen LogP contribution in [0.3, 0.4) is 0 Å². The highest BCUT2D eigenvalue weighted by molar-refractivity contribution is 5.95. The molecular formula is C10H15N3O3. The summed E-state index contributed by atoms with van der Waals surface area (Å²) in [7, 11) is 1.65. The zero-order valence-electron chi connectivity index (χ0n) is 9.30. The Balaban J connectivity index is 2.58. The molecule has 0 saturated heterocycles. The lowest BCUT2D eigenvalue weighted by Gasteiger charge is -2.15. The minimum absolute atomic E-state index is 0.101. The molecule has 0 unspecified atom stereocenters. The summed E-state index contributed by atoms with van der Waals surface area (Å²) < 4.78 is 5.05. The Morgan fingerprint density at radius 2 is 2.38 bits per heavy atom. The van der Waals surface area contributed by atoms with Crippen LogP contribution in [0.4, 0.5) is 0 Å². The Labute approximate surface area is 93.3 Å². The lowest BCUT2D eigenvalue weighted by Crippen LogP contribution is -2.30. The number of furan rings is 1. The van der Waals surface area contributed by atoms with Gasteiger partial charge in [0.1, 0.15) is 11.6 Å². The molecule has 16 heavy (non-hydrogen) atoms. The second-order valence-corrected chi connectivity index (χ2v) is 3.46. The van der Waals surface area contributed by atoms with Gasteiger partial charge in [0.15, 0.2) is 0 Å². The third kappa shape index (κ3) is 2.75. The highest BCUT2D eigenvalue weighted by Crippen LogP contribution is 2.11. The molecule has 0 aromatic carbocycles. The van der Waals surface area contributed by atoms with Gasteiger partial charge in [-0.05, 0) is 13.0 Å². The van der Waals surface area contributed by atoms with Gasteiger partial charge in [0, 0.05) is 20.0 Å². The lowest BCUT2D eigenvalue weighted by molar-refractivity contribution is 0.0796. The summed E-state index contributed by atoms with van der Waals surface area (Å²) in [4.78, 5) is 13.3. The first-order valence-corrected chi connectivity index (χ1v) is 4.82. The topological polar surface area (TPSA) is 92.1 Å². The Kier molecular flexibility index (Phi) is 3.93. The van der Waals surface area contributed by atoms with Crippen LogP contribution in [0.15, 0.2) is 21.9 Å². The highest BCUT2D eigenvalue weighted by atomic mass is 16.4. The Morgan fingerprint density at radius 3 is 2.88 bits per heavy atom. The van der Waals surface area contributed by atoms with E-state index in [0.29, 0.717) is 24.3 Å². The van der Waals surface area contributed by atoms with Crippen molar-refractivity contribution >= 4 is 11.7 Å². The fraction of sp³-hybridized carbons (Fsp3) is 0.400. The van der Waals surface area contributed by atoms with Crippen LogP contribution < -0.4 is 5.73 Å². The number of nitrogens with zero attached hydrogens (tertiary/aromatic N) is 2. The van der Waals surface area contributed by atoms with Crippen LogP contribution in [0.5, 0.6) is 0 Å². The zero-order chi connectivity index (χ0) is 12.1. The quantitative estimate of drug-likeness (QED) is 0.343. The van der Waals surface area contributed by atoms with Crippen LogP contribution >= 0.6 is 0 Å². The fourth-order valence-corrected chi connectivity index (χ4v) is 1.25. The third-order valence-electron chi connectivity index (χ3n) is 2.27. The van der Waals surface area contributed by atoms with E-state index in [2.05, 4.69) is 5.16 Å². The van der Waals surface area contributed by atoms with Crippen LogP contribution in [0, 0.1) is 6.92 Å². The molecule has 0 radical (unpaired) electrons. The van der Waals surface area contributed by atoms with Crippen LogP contribution in [0.1, 0.15) is 22.5 Å². The van der Waals surface area contributed by atoms with E-state index in [9.17, 15) is 4.79 Å². The zero-order valence-corrected chi connectivity index (χ0v) is 9.30. The van der Waals surface area contributed by atoms with Crippen LogP contribution in [0.2, 0.25) is 0 Å². The van der Waals surface area contributed by atoms with Gasteiger partial charge in [0.2, 0.25) is 0 Å². The summed E-state index contributed by atoms with van der Waals surface area (Å²) in [6.07, 6.45) is 1.80. The van der Waals surface area contributed by atoms with E-state index in [-0.39, 0.29) is 11.7 Å².